The van der Waals surface area contributed by atoms with Gasteiger partial charge in [-0.15, -0.1) is 0 Å². The highest BCUT2D eigenvalue weighted by Crippen LogP contribution is 2.27. The Bertz CT molecular complexity index is 935. The van der Waals surface area contributed by atoms with Crippen LogP contribution in [-0.4, -0.2) is 20.6 Å². The van der Waals surface area contributed by atoms with Gasteiger partial charge in [-0.3, -0.25) is 4.79 Å². The van der Waals surface area contributed by atoms with Crippen LogP contribution in [-0.2, 0) is 16.6 Å². The van der Waals surface area contributed by atoms with Crippen LogP contribution in [0.5, 0.6) is 5.75 Å². The van der Waals surface area contributed by atoms with Crippen molar-refractivity contribution in [2.75, 3.05) is 6.26 Å². The lowest BCUT2D eigenvalue weighted by molar-refractivity contribution is 0.0977. The Balaban J connectivity index is 2.19. The molecule has 134 valence electrons. The lowest BCUT2D eigenvalue weighted by Gasteiger charge is -2.10. The van der Waals surface area contributed by atoms with E-state index >= 15 is 0 Å². The molecule has 1 N–H and O–H groups in total. The van der Waals surface area contributed by atoms with Gasteiger partial charge < -0.3 is 4.74 Å². The molecule has 0 heterocycles. The molecule has 0 aliphatic carbocycles. The van der Waals surface area contributed by atoms with Crippen LogP contribution in [0.2, 0.25) is 10.0 Å². The Labute approximate surface area is 152 Å². The van der Waals surface area contributed by atoms with Crippen molar-refractivity contribution >= 4 is 39.1 Å². The predicted octanol–water partition coefficient (Wildman–Crippen LogP) is 3.54. The molecule has 10 heteroatoms. The number of nitrogens with one attached hydrogen (secondary N) is 1. The summed E-state index contributed by atoms with van der Waals surface area (Å²) in [7, 11) is -3.90. The number of carbonyl (C=O) groups is 1. The summed E-state index contributed by atoms with van der Waals surface area (Å²) in [5, 5.41) is 0.547. The van der Waals surface area contributed by atoms with E-state index in [0.717, 1.165) is 12.3 Å². The summed E-state index contributed by atoms with van der Waals surface area (Å²) in [6.07, 6.45) is 0.721. The number of sulfonamides is 1. The second kappa shape index (κ2) is 7.55. The molecule has 1 amide bonds. The third kappa shape index (κ3) is 5.29. The van der Waals surface area contributed by atoms with Gasteiger partial charge in [-0.25, -0.2) is 21.9 Å². The topological polar surface area (TPSA) is 72.5 Å². The number of hydrogen-bond donors (Lipinski definition) is 1. The van der Waals surface area contributed by atoms with E-state index in [1.165, 1.54) is 18.2 Å². The Kier molecular flexibility index (Phi) is 5.87. The average molecular weight is 410 g/mol. The van der Waals surface area contributed by atoms with E-state index in [0.29, 0.717) is 11.1 Å². The molecular formula is C15H11Cl2F2NO4S. The molecule has 5 nitrogen and oxygen atoms in total. The summed E-state index contributed by atoms with van der Waals surface area (Å²) in [5.41, 5.74) is -0.902. The molecule has 2 aromatic carbocycles. The number of amides is 1. The molecule has 0 spiro atoms. The van der Waals surface area contributed by atoms with Crippen LogP contribution in [0.1, 0.15) is 15.9 Å². The number of carbonyl (C=O) groups excluding carboxylic acids is 1. The third-order valence-electron chi connectivity index (χ3n) is 2.94. The normalized spacial score (nSPS) is 11.2. The van der Waals surface area contributed by atoms with Crippen molar-refractivity contribution < 1.29 is 26.7 Å². The lowest BCUT2D eigenvalue weighted by atomic mass is 10.1. The number of hydrogen-bond acceptors (Lipinski definition) is 4. The zero-order valence-electron chi connectivity index (χ0n) is 12.6. The monoisotopic (exact) mass is 409 g/mol. The molecule has 0 aromatic heterocycles. The summed E-state index contributed by atoms with van der Waals surface area (Å²) in [4.78, 5) is 11.6. The highest BCUT2D eigenvalue weighted by molar-refractivity contribution is 7.89. The van der Waals surface area contributed by atoms with Gasteiger partial charge in [0.1, 0.15) is 24.0 Å². The van der Waals surface area contributed by atoms with Crippen LogP contribution in [0, 0.1) is 11.6 Å². The minimum absolute atomic E-state index is 0.167. The first kappa shape index (κ1) is 19.4. The molecule has 0 saturated heterocycles. The van der Waals surface area contributed by atoms with Gasteiger partial charge >= 0.3 is 0 Å². The van der Waals surface area contributed by atoms with E-state index in [2.05, 4.69) is 0 Å². The van der Waals surface area contributed by atoms with Gasteiger partial charge in [-0.2, -0.15) is 0 Å². The quantitative estimate of drug-likeness (QED) is 0.819. The average Bonchev–Trinajstić information content (AvgIpc) is 2.49. The van der Waals surface area contributed by atoms with Gasteiger partial charge in [0.15, 0.2) is 0 Å². The molecule has 0 aliphatic heterocycles. The van der Waals surface area contributed by atoms with Crippen LogP contribution >= 0.6 is 23.2 Å². The highest BCUT2D eigenvalue weighted by Gasteiger charge is 2.19. The van der Waals surface area contributed by atoms with Crippen LogP contribution in [0.4, 0.5) is 8.78 Å². The number of halogens is 4. The number of ether oxygens (including phenoxy) is 1. The molecule has 0 unspecified atom stereocenters. The maximum absolute atomic E-state index is 14.0. The molecule has 0 aliphatic rings. The minimum Gasteiger partial charge on any atom is -0.489 e. The Morgan fingerprint density at radius 3 is 2.40 bits per heavy atom. The van der Waals surface area contributed by atoms with Crippen LogP contribution in [0.25, 0.3) is 0 Å². The second-order valence-electron chi connectivity index (χ2n) is 4.99. The van der Waals surface area contributed by atoms with E-state index in [4.69, 9.17) is 27.9 Å². The predicted molar refractivity (Wildman–Crippen MR) is 89.5 cm³/mol. The highest BCUT2D eigenvalue weighted by atomic mass is 35.5. The van der Waals surface area contributed by atoms with Crippen molar-refractivity contribution in [2.45, 2.75) is 6.61 Å². The van der Waals surface area contributed by atoms with Crippen LogP contribution in [0.15, 0.2) is 30.3 Å². The fraction of sp³-hybridized carbons (Fsp3) is 0.133. The van der Waals surface area contributed by atoms with Gasteiger partial charge in [-0.1, -0.05) is 23.2 Å². The molecule has 2 rings (SSSR count). The summed E-state index contributed by atoms with van der Waals surface area (Å²) < 4.78 is 56.9. The molecular weight excluding hydrogens is 399 g/mol. The van der Waals surface area contributed by atoms with Gasteiger partial charge in [-0.05, 0) is 24.3 Å². The molecule has 2 aromatic rings. The molecule has 0 fully saturated rings. The Morgan fingerprint density at radius 1 is 1.12 bits per heavy atom. The van der Waals surface area contributed by atoms with Gasteiger partial charge in [0.05, 0.1) is 21.9 Å². The van der Waals surface area contributed by atoms with E-state index < -0.39 is 33.1 Å². The summed E-state index contributed by atoms with van der Waals surface area (Å²) in [5.74, 6) is -3.00. The molecule has 0 bridgehead atoms. The SMILES string of the molecule is CS(=O)(=O)NC(=O)c1cc(F)c(COc2ccc(Cl)c(Cl)c2)cc1F. The van der Waals surface area contributed by atoms with E-state index in [9.17, 15) is 22.0 Å². The lowest BCUT2D eigenvalue weighted by Crippen LogP contribution is -2.30. The second-order valence-corrected chi connectivity index (χ2v) is 7.55. The first-order valence-corrected chi connectivity index (χ1v) is 9.29. The molecule has 0 saturated carbocycles. The number of benzene rings is 2. The zero-order valence-corrected chi connectivity index (χ0v) is 15.0. The maximum Gasteiger partial charge on any atom is 0.267 e. The zero-order chi connectivity index (χ0) is 18.8. The van der Waals surface area contributed by atoms with Crippen molar-refractivity contribution in [3.05, 3.63) is 63.1 Å². The van der Waals surface area contributed by atoms with Crippen LogP contribution < -0.4 is 9.46 Å². The van der Waals surface area contributed by atoms with Gasteiger partial charge in [0, 0.05) is 11.6 Å². The largest absolute Gasteiger partial charge is 0.489 e. The summed E-state index contributed by atoms with van der Waals surface area (Å²) >= 11 is 11.6. The van der Waals surface area contributed by atoms with Crippen molar-refractivity contribution in [3.63, 3.8) is 0 Å². The van der Waals surface area contributed by atoms with E-state index in [-0.39, 0.29) is 22.9 Å². The molecule has 0 atom stereocenters. The molecule has 25 heavy (non-hydrogen) atoms. The fourth-order valence-electron chi connectivity index (χ4n) is 1.82. The van der Waals surface area contributed by atoms with Gasteiger partial charge in [0.2, 0.25) is 10.0 Å². The summed E-state index contributed by atoms with van der Waals surface area (Å²) in [6.45, 7) is -0.339. The van der Waals surface area contributed by atoms with Gasteiger partial charge in [0.25, 0.3) is 5.91 Å². The van der Waals surface area contributed by atoms with Crippen molar-refractivity contribution in [2.24, 2.45) is 0 Å². The smallest absolute Gasteiger partial charge is 0.267 e. The van der Waals surface area contributed by atoms with Crippen molar-refractivity contribution in [3.8, 4) is 5.75 Å². The Hall–Kier alpha value is -1.90. The van der Waals surface area contributed by atoms with Crippen molar-refractivity contribution in [1.29, 1.82) is 0 Å². The van der Waals surface area contributed by atoms with E-state index in [1.54, 1.807) is 4.72 Å². The molecule has 0 radical (unpaired) electrons. The first-order valence-electron chi connectivity index (χ1n) is 6.64. The van der Waals surface area contributed by atoms with E-state index in [1.807, 2.05) is 0 Å². The fourth-order valence-corrected chi connectivity index (χ4v) is 2.56. The minimum atomic E-state index is -3.90. The maximum atomic E-state index is 14.0. The number of rotatable bonds is 5. The Morgan fingerprint density at radius 2 is 1.80 bits per heavy atom. The third-order valence-corrected chi connectivity index (χ3v) is 4.24. The van der Waals surface area contributed by atoms with Crippen molar-refractivity contribution in [1.82, 2.24) is 4.72 Å². The first-order chi connectivity index (χ1) is 11.6. The standard InChI is InChI=1S/C15H11Cl2F2NO4S/c1-25(22,23)20-15(21)10-6-13(18)8(4-14(10)19)7-24-9-2-3-11(16)12(17)5-9/h2-6H,7H2,1H3,(H,20,21). The summed E-state index contributed by atoms with van der Waals surface area (Å²) in [6, 6.07) is 5.74. The van der Waals surface area contributed by atoms with Crippen LogP contribution in [0.3, 0.4) is 0 Å².